The number of ether oxygens (including phenoxy) is 2. The van der Waals surface area contributed by atoms with E-state index in [1.807, 2.05) is 24.3 Å². The Morgan fingerprint density at radius 3 is 2.72 bits per heavy atom. The molecule has 29 heavy (non-hydrogen) atoms. The van der Waals surface area contributed by atoms with Crippen molar-refractivity contribution in [1.82, 2.24) is 15.3 Å². The van der Waals surface area contributed by atoms with Gasteiger partial charge in [0.1, 0.15) is 22.7 Å². The number of carbonyl (C=O) groups is 1. The fourth-order valence-corrected chi connectivity index (χ4v) is 5.24. The number of hydrogen-bond acceptors (Lipinski definition) is 6. The summed E-state index contributed by atoms with van der Waals surface area (Å²) in [7, 11) is 0. The minimum atomic E-state index is -0.428. The number of carbonyl (C=O) groups excluding carboxylic acids is 1. The van der Waals surface area contributed by atoms with Crippen LogP contribution < -0.4 is 14.8 Å². The summed E-state index contributed by atoms with van der Waals surface area (Å²) in [6.07, 6.45) is 8.50. The predicted molar refractivity (Wildman–Crippen MR) is 112 cm³/mol. The Morgan fingerprint density at radius 1 is 1.00 bits per heavy atom. The highest BCUT2D eigenvalue weighted by molar-refractivity contribution is 7.18. The summed E-state index contributed by atoms with van der Waals surface area (Å²) in [5.41, 5.74) is 1.35. The molecule has 1 aliphatic carbocycles. The van der Waals surface area contributed by atoms with Crippen molar-refractivity contribution in [2.24, 2.45) is 0 Å². The Balaban J connectivity index is 1.35. The lowest BCUT2D eigenvalue weighted by Gasteiger charge is -2.16. The highest BCUT2D eigenvalue weighted by Crippen LogP contribution is 2.40. The minimum Gasteiger partial charge on any atom is -0.481 e. The Morgan fingerprint density at radius 2 is 1.83 bits per heavy atom. The van der Waals surface area contributed by atoms with Crippen LogP contribution in [0.1, 0.15) is 42.5 Å². The molecule has 150 valence electrons. The van der Waals surface area contributed by atoms with Crippen LogP contribution in [0.4, 0.5) is 0 Å². The van der Waals surface area contributed by atoms with E-state index in [1.54, 1.807) is 17.7 Å². The molecule has 1 saturated heterocycles. The molecule has 3 heterocycles. The smallest absolute Gasteiger partial charge is 0.261 e. The standard InChI is InChI=1S/C22H23N3O3S/c26-20-17(6-3-4-12-23-20)27-14-8-10-15(11-9-14)28-21-19-16-5-1-2-7-18(16)29-22(19)25-13-24-21/h8-11,13,17H,1-7,12H2,(H,23,26). The average molecular weight is 410 g/mol. The van der Waals surface area contributed by atoms with Crippen molar-refractivity contribution < 1.29 is 14.3 Å². The monoisotopic (exact) mass is 409 g/mol. The third-order valence-corrected chi connectivity index (χ3v) is 6.72. The second-order valence-corrected chi connectivity index (χ2v) is 8.62. The zero-order chi connectivity index (χ0) is 19.6. The van der Waals surface area contributed by atoms with Crippen LogP contribution in [-0.4, -0.2) is 28.5 Å². The van der Waals surface area contributed by atoms with Crippen molar-refractivity contribution in [2.45, 2.75) is 51.0 Å². The number of fused-ring (bicyclic) bond motifs is 3. The van der Waals surface area contributed by atoms with E-state index in [9.17, 15) is 4.79 Å². The molecule has 1 amide bonds. The maximum Gasteiger partial charge on any atom is 0.261 e. The first kappa shape index (κ1) is 18.4. The molecule has 0 saturated carbocycles. The number of aryl methyl sites for hydroxylation is 2. The number of benzene rings is 1. The van der Waals surface area contributed by atoms with Crippen LogP contribution in [0.15, 0.2) is 30.6 Å². The summed E-state index contributed by atoms with van der Waals surface area (Å²) >= 11 is 1.76. The van der Waals surface area contributed by atoms with Gasteiger partial charge in [-0.05, 0) is 74.8 Å². The van der Waals surface area contributed by atoms with E-state index < -0.39 is 6.10 Å². The molecule has 1 unspecified atom stereocenters. The van der Waals surface area contributed by atoms with Crippen LogP contribution >= 0.6 is 11.3 Å². The number of hydrogen-bond donors (Lipinski definition) is 1. The molecule has 6 nitrogen and oxygen atoms in total. The van der Waals surface area contributed by atoms with E-state index in [2.05, 4.69) is 15.3 Å². The van der Waals surface area contributed by atoms with Crippen molar-refractivity contribution in [3.05, 3.63) is 41.0 Å². The molecule has 7 heteroatoms. The lowest BCUT2D eigenvalue weighted by Crippen LogP contribution is -2.36. The Hall–Kier alpha value is -2.67. The number of aromatic nitrogens is 2. The van der Waals surface area contributed by atoms with Crippen LogP contribution in [0.3, 0.4) is 0 Å². The SMILES string of the molecule is O=C1NCCCCC1Oc1ccc(Oc2ncnc3sc4c(c23)CCCC4)cc1. The van der Waals surface area contributed by atoms with Crippen molar-refractivity contribution >= 4 is 27.5 Å². The van der Waals surface area contributed by atoms with Gasteiger partial charge in [0.2, 0.25) is 5.88 Å². The van der Waals surface area contributed by atoms with E-state index in [0.29, 0.717) is 17.4 Å². The maximum atomic E-state index is 12.1. The maximum absolute atomic E-state index is 12.1. The van der Waals surface area contributed by atoms with Gasteiger partial charge in [-0.1, -0.05) is 0 Å². The van der Waals surface area contributed by atoms with Crippen LogP contribution in [0.25, 0.3) is 10.2 Å². The van der Waals surface area contributed by atoms with Crippen molar-refractivity contribution in [3.8, 4) is 17.4 Å². The molecule has 1 atom stereocenters. The first-order valence-corrected chi connectivity index (χ1v) is 11.1. The van der Waals surface area contributed by atoms with Gasteiger partial charge in [0.05, 0.1) is 5.39 Å². The van der Waals surface area contributed by atoms with E-state index in [-0.39, 0.29) is 5.91 Å². The second-order valence-electron chi connectivity index (χ2n) is 7.54. The number of amides is 1. The molecule has 2 aromatic heterocycles. The molecule has 1 aromatic carbocycles. The van der Waals surface area contributed by atoms with Gasteiger partial charge in [-0.2, -0.15) is 0 Å². The van der Waals surface area contributed by atoms with Crippen molar-refractivity contribution in [1.29, 1.82) is 0 Å². The predicted octanol–water partition coefficient (Wildman–Crippen LogP) is 4.41. The number of rotatable bonds is 4. The molecule has 2 aliphatic rings. The van der Waals surface area contributed by atoms with Crippen LogP contribution in [0.2, 0.25) is 0 Å². The van der Waals surface area contributed by atoms with Gasteiger partial charge in [0.25, 0.3) is 5.91 Å². The summed E-state index contributed by atoms with van der Waals surface area (Å²) in [6.45, 7) is 0.727. The van der Waals surface area contributed by atoms with Crippen molar-refractivity contribution in [2.75, 3.05) is 6.54 Å². The van der Waals surface area contributed by atoms with Gasteiger partial charge in [-0.15, -0.1) is 11.3 Å². The lowest BCUT2D eigenvalue weighted by atomic mass is 9.97. The van der Waals surface area contributed by atoms with Gasteiger partial charge < -0.3 is 14.8 Å². The fraction of sp³-hybridized carbons (Fsp3) is 0.409. The number of thiophene rings is 1. The van der Waals surface area contributed by atoms with E-state index in [0.717, 1.165) is 48.9 Å². The normalized spacial score (nSPS) is 19.3. The second kappa shape index (κ2) is 7.99. The summed E-state index contributed by atoms with van der Waals surface area (Å²) in [4.78, 5) is 23.3. The summed E-state index contributed by atoms with van der Waals surface area (Å²) in [6, 6.07) is 7.40. The van der Waals surface area contributed by atoms with E-state index >= 15 is 0 Å². The molecule has 1 fully saturated rings. The molecule has 5 rings (SSSR count). The molecule has 1 N–H and O–H groups in total. The topological polar surface area (TPSA) is 73.3 Å². The van der Waals surface area contributed by atoms with Crippen molar-refractivity contribution in [3.63, 3.8) is 0 Å². The Kier molecular flexibility index (Phi) is 5.06. The average Bonchev–Trinajstić information content (AvgIpc) is 3.01. The Labute approximate surface area is 173 Å². The number of nitrogens with zero attached hydrogens (tertiary/aromatic N) is 2. The third-order valence-electron chi connectivity index (χ3n) is 5.52. The minimum absolute atomic E-state index is 0.0339. The summed E-state index contributed by atoms with van der Waals surface area (Å²) in [5, 5.41) is 3.95. The molecule has 0 radical (unpaired) electrons. The quantitative estimate of drug-likeness (QED) is 0.691. The molecular formula is C22H23N3O3S. The largest absolute Gasteiger partial charge is 0.481 e. The number of nitrogens with one attached hydrogen (secondary N) is 1. The van der Waals surface area contributed by atoms with Crippen LogP contribution in [0, 0.1) is 0 Å². The van der Waals surface area contributed by atoms with Gasteiger partial charge in [-0.25, -0.2) is 9.97 Å². The van der Waals surface area contributed by atoms with Gasteiger partial charge >= 0.3 is 0 Å². The van der Waals surface area contributed by atoms with E-state index in [1.165, 1.54) is 23.3 Å². The summed E-state index contributed by atoms with van der Waals surface area (Å²) < 4.78 is 12.0. The molecule has 3 aromatic rings. The third kappa shape index (κ3) is 3.79. The zero-order valence-corrected chi connectivity index (χ0v) is 17.0. The molecule has 1 aliphatic heterocycles. The van der Waals surface area contributed by atoms with Crippen LogP contribution in [0.5, 0.6) is 17.4 Å². The first-order chi connectivity index (χ1) is 14.3. The van der Waals surface area contributed by atoms with E-state index in [4.69, 9.17) is 9.47 Å². The van der Waals surface area contributed by atoms with Gasteiger partial charge in [0, 0.05) is 11.4 Å². The summed E-state index contributed by atoms with van der Waals surface area (Å²) in [5.74, 6) is 1.94. The molecule has 0 spiro atoms. The highest BCUT2D eigenvalue weighted by atomic mass is 32.1. The fourth-order valence-electron chi connectivity index (χ4n) is 4.02. The zero-order valence-electron chi connectivity index (χ0n) is 16.1. The first-order valence-electron chi connectivity index (χ1n) is 10.3. The lowest BCUT2D eigenvalue weighted by molar-refractivity contribution is -0.127. The van der Waals surface area contributed by atoms with Gasteiger partial charge in [-0.3, -0.25) is 4.79 Å². The van der Waals surface area contributed by atoms with Crippen LogP contribution in [-0.2, 0) is 17.6 Å². The Bertz CT molecular complexity index is 1030. The molecule has 0 bridgehead atoms. The molecular weight excluding hydrogens is 386 g/mol. The van der Waals surface area contributed by atoms with Gasteiger partial charge in [0.15, 0.2) is 6.10 Å². The highest BCUT2D eigenvalue weighted by Gasteiger charge is 2.23.